The molecule has 0 radical (unpaired) electrons. The number of anilines is 2. The second-order valence-corrected chi connectivity index (χ2v) is 8.13. The number of benzene rings is 2. The molecule has 0 aliphatic carbocycles. The summed E-state index contributed by atoms with van der Waals surface area (Å²) in [5.41, 5.74) is 1.83. The molecule has 4 rings (SSSR count). The summed E-state index contributed by atoms with van der Waals surface area (Å²) >= 11 is 7.87. The van der Waals surface area contributed by atoms with Gasteiger partial charge in [0.05, 0.1) is 22.8 Å². The lowest BCUT2D eigenvalue weighted by Crippen LogP contribution is -2.47. The van der Waals surface area contributed by atoms with Crippen LogP contribution in [-0.4, -0.2) is 36.4 Å². The fourth-order valence-corrected chi connectivity index (χ4v) is 4.33. The SMILES string of the molecule is O=C1CN(c2ccc(NC(=O)c3cccnc3Sc3ccccc3)cc2Cl)CCN1. The number of carbonyl (C=O) groups is 2. The van der Waals surface area contributed by atoms with Crippen molar-refractivity contribution in [2.75, 3.05) is 29.9 Å². The van der Waals surface area contributed by atoms with Crippen LogP contribution in [0.1, 0.15) is 10.4 Å². The maximum atomic E-state index is 12.9. The number of hydrogen-bond acceptors (Lipinski definition) is 5. The summed E-state index contributed by atoms with van der Waals surface area (Å²) < 4.78 is 0. The number of hydrogen-bond donors (Lipinski definition) is 2. The number of carbonyl (C=O) groups excluding carboxylic acids is 2. The number of rotatable bonds is 5. The van der Waals surface area contributed by atoms with Gasteiger partial charge in [-0.1, -0.05) is 41.6 Å². The largest absolute Gasteiger partial charge is 0.359 e. The lowest BCUT2D eigenvalue weighted by atomic mass is 10.2. The molecule has 1 aromatic heterocycles. The van der Waals surface area contributed by atoms with Gasteiger partial charge in [0, 0.05) is 29.9 Å². The van der Waals surface area contributed by atoms with E-state index in [-0.39, 0.29) is 18.4 Å². The van der Waals surface area contributed by atoms with Gasteiger partial charge in [0.25, 0.3) is 5.91 Å². The Morgan fingerprint density at radius 2 is 1.97 bits per heavy atom. The summed E-state index contributed by atoms with van der Waals surface area (Å²) in [7, 11) is 0. The molecule has 1 aliphatic rings. The van der Waals surface area contributed by atoms with Crippen LogP contribution in [0.4, 0.5) is 11.4 Å². The predicted molar refractivity (Wildman–Crippen MR) is 119 cm³/mol. The zero-order valence-electron chi connectivity index (χ0n) is 16.0. The van der Waals surface area contributed by atoms with E-state index in [1.165, 1.54) is 11.8 Å². The van der Waals surface area contributed by atoms with E-state index in [1.807, 2.05) is 41.3 Å². The molecule has 0 bridgehead atoms. The average Bonchev–Trinajstić information content (AvgIpc) is 2.75. The highest BCUT2D eigenvalue weighted by Crippen LogP contribution is 2.31. The third kappa shape index (κ3) is 4.75. The second kappa shape index (κ2) is 9.19. The molecule has 8 heteroatoms. The Morgan fingerprint density at radius 1 is 1.13 bits per heavy atom. The van der Waals surface area contributed by atoms with Crippen LogP contribution in [0.15, 0.2) is 76.8 Å². The number of nitrogens with one attached hydrogen (secondary N) is 2. The minimum absolute atomic E-state index is 0.0327. The van der Waals surface area contributed by atoms with E-state index in [0.717, 1.165) is 10.6 Å². The van der Waals surface area contributed by atoms with Crippen molar-refractivity contribution in [3.8, 4) is 0 Å². The zero-order chi connectivity index (χ0) is 20.9. The Labute approximate surface area is 183 Å². The molecule has 0 unspecified atom stereocenters. The number of nitrogens with zero attached hydrogens (tertiary/aromatic N) is 2. The Hall–Kier alpha value is -3.03. The Kier molecular flexibility index (Phi) is 6.21. The van der Waals surface area contributed by atoms with Crippen LogP contribution in [0.2, 0.25) is 5.02 Å². The molecule has 30 heavy (non-hydrogen) atoms. The van der Waals surface area contributed by atoms with Gasteiger partial charge in [-0.2, -0.15) is 0 Å². The van der Waals surface area contributed by atoms with E-state index < -0.39 is 0 Å². The van der Waals surface area contributed by atoms with Gasteiger partial charge < -0.3 is 15.5 Å². The van der Waals surface area contributed by atoms with Gasteiger partial charge in [0.1, 0.15) is 5.03 Å². The molecule has 1 aliphatic heterocycles. The summed E-state index contributed by atoms with van der Waals surface area (Å²) in [4.78, 5) is 31.8. The topological polar surface area (TPSA) is 74.3 Å². The second-order valence-electron chi connectivity index (χ2n) is 6.66. The fraction of sp³-hybridized carbons (Fsp3) is 0.136. The summed E-state index contributed by atoms with van der Waals surface area (Å²) in [6.07, 6.45) is 1.67. The lowest BCUT2D eigenvalue weighted by Gasteiger charge is -2.29. The number of piperazine rings is 1. The van der Waals surface area contributed by atoms with E-state index >= 15 is 0 Å². The molecule has 0 atom stereocenters. The minimum atomic E-state index is -0.261. The van der Waals surface area contributed by atoms with Crippen molar-refractivity contribution >= 4 is 46.6 Å². The third-order valence-electron chi connectivity index (χ3n) is 4.56. The van der Waals surface area contributed by atoms with Crippen molar-refractivity contribution in [1.29, 1.82) is 0 Å². The first-order valence-electron chi connectivity index (χ1n) is 9.40. The Bertz CT molecular complexity index is 1080. The summed E-state index contributed by atoms with van der Waals surface area (Å²) in [5, 5.41) is 6.79. The molecular formula is C22H19ClN4O2S. The summed E-state index contributed by atoms with van der Waals surface area (Å²) in [6.45, 7) is 1.53. The van der Waals surface area contributed by atoms with Crippen molar-refractivity contribution in [2.45, 2.75) is 9.92 Å². The Morgan fingerprint density at radius 3 is 2.73 bits per heavy atom. The van der Waals surface area contributed by atoms with Crippen LogP contribution >= 0.6 is 23.4 Å². The average molecular weight is 439 g/mol. The number of amides is 2. The molecular weight excluding hydrogens is 420 g/mol. The van der Waals surface area contributed by atoms with Crippen molar-refractivity contribution in [3.05, 3.63) is 77.4 Å². The van der Waals surface area contributed by atoms with Crippen LogP contribution in [0.25, 0.3) is 0 Å². The van der Waals surface area contributed by atoms with Crippen molar-refractivity contribution < 1.29 is 9.59 Å². The molecule has 0 spiro atoms. The van der Waals surface area contributed by atoms with Gasteiger partial charge >= 0.3 is 0 Å². The summed E-state index contributed by atoms with van der Waals surface area (Å²) in [5.74, 6) is -0.294. The highest BCUT2D eigenvalue weighted by molar-refractivity contribution is 7.99. The minimum Gasteiger partial charge on any atom is -0.359 e. The van der Waals surface area contributed by atoms with E-state index in [2.05, 4.69) is 15.6 Å². The van der Waals surface area contributed by atoms with E-state index in [1.54, 1.807) is 30.5 Å². The molecule has 2 heterocycles. The monoisotopic (exact) mass is 438 g/mol. The van der Waals surface area contributed by atoms with E-state index in [4.69, 9.17) is 11.6 Å². The molecule has 2 aromatic carbocycles. The quantitative estimate of drug-likeness (QED) is 0.628. The van der Waals surface area contributed by atoms with Gasteiger partial charge in [-0.3, -0.25) is 9.59 Å². The van der Waals surface area contributed by atoms with Gasteiger partial charge in [-0.25, -0.2) is 4.98 Å². The molecule has 1 saturated heterocycles. The predicted octanol–water partition coefficient (Wildman–Crippen LogP) is 4.07. The van der Waals surface area contributed by atoms with Crippen LogP contribution in [0.3, 0.4) is 0 Å². The van der Waals surface area contributed by atoms with Crippen LogP contribution in [0, 0.1) is 0 Å². The summed E-state index contributed by atoms with van der Waals surface area (Å²) in [6, 6.07) is 18.6. The number of halogens is 1. The molecule has 2 amide bonds. The van der Waals surface area contributed by atoms with Crippen molar-refractivity contribution in [1.82, 2.24) is 10.3 Å². The Balaban J connectivity index is 1.50. The van der Waals surface area contributed by atoms with Crippen LogP contribution in [-0.2, 0) is 4.79 Å². The number of aromatic nitrogens is 1. The third-order valence-corrected chi connectivity index (χ3v) is 5.89. The lowest BCUT2D eigenvalue weighted by molar-refractivity contribution is -0.120. The highest BCUT2D eigenvalue weighted by Gasteiger charge is 2.19. The first-order valence-corrected chi connectivity index (χ1v) is 10.6. The molecule has 1 fully saturated rings. The van der Waals surface area contributed by atoms with Gasteiger partial charge in [-0.15, -0.1) is 0 Å². The van der Waals surface area contributed by atoms with E-state index in [9.17, 15) is 9.59 Å². The first-order chi connectivity index (χ1) is 14.6. The normalized spacial score (nSPS) is 13.6. The molecule has 0 saturated carbocycles. The maximum Gasteiger partial charge on any atom is 0.258 e. The fourth-order valence-electron chi connectivity index (χ4n) is 3.13. The first kappa shape index (κ1) is 20.3. The molecule has 3 aromatic rings. The molecule has 152 valence electrons. The van der Waals surface area contributed by atoms with E-state index in [0.29, 0.717) is 34.4 Å². The van der Waals surface area contributed by atoms with Crippen molar-refractivity contribution in [2.24, 2.45) is 0 Å². The van der Waals surface area contributed by atoms with Crippen LogP contribution in [0.5, 0.6) is 0 Å². The zero-order valence-corrected chi connectivity index (χ0v) is 17.5. The van der Waals surface area contributed by atoms with Crippen molar-refractivity contribution in [3.63, 3.8) is 0 Å². The number of pyridine rings is 1. The standard InChI is InChI=1S/C22H19ClN4O2S/c23-18-13-15(8-9-19(18)27-12-11-24-20(28)14-27)26-21(29)17-7-4-10-25-22(17)30-16-5-2-1-3-6-16/h1-10,13H,11-12,14H2,(H,24,28)(H,26,29). The smallest absolute Gasteiger partial charge is 0.258 e. The van der Waals surface area contributed by atoms with Gasteiger partial charge in [0.2, 0.25) is 5.91 Å². The van der Waals surface area contributed by atoms with Gasteiger partial charge in [-0.05, 0) is 42.5 Å². The maximum absolute atomic E-state index is 12.9. The van der Waals surface area contributed by atoms with Gasteiger partial charge in [0.15, 0.2) is 0 Å². The highest BCUT2D eigenvalue weighted by atomic mass is 35.5. The molecule has 2 N–H and O–H groups in total. The van der Waals surface area contributed by atoms with Crippen LogP contribution < -0.4 is 15.5 Å². The molecule has 6 nitrogen and oxygen atoms in total.